The van der Waals surface area contributed by atoms with E-state index in [-0.39, 0.29) is 13.2 Å². The zero-order valence-corrected chi connectivity index (χ0v) is 19.5. The normalized spacial score (nSPS) is 29.1. The predicted molar refractivity (Wildman–Crippen MR) is 108 cm³/mol. The average Bonchev–Trinajstić information content (AvgIpc) is 3.04. The fourth-order valence-corrected chi connectivity index (χ4v) is 4.38. The van der Waals surface area contributed by atoms with Gasteiger partial charge in [0, 0.05) is 6.54 Å². The summed E-state index contributed by atoms with van der Waals surface area (Å²) < 4.78 is 44.5. The Bertz CT molecular complexity index is 709. The van der Waals surface area contributed by atoms with Crippen LogP contribution in [0.1, 0.15) is 61.8 Å². The van der Waals surface area contributed by atoms with Gasteiger partial charge in [-0.05, 0) is 61.8 Å². The van der Waals surface area contributed by atoms with E-state index in [0.29, 0.717) is 6.42 Å². The maximum atomic E-state index is 12.9. The lowest BCUT2D eigenvalue weighted by molar-refractivity contribution is -0.144. The van der Waals surface area contributed by atoms with Gasteiger partial charge in [-0.2, -0.15) is 0 Å². The molecule has 0 bridgehead atoms. The zero-order chi connectivity index (χ0) is 22.4. The first-order valence-corrected chi connectivity index (χ1v) is 11.4. The third-order valence-corrected chi connectivity index (χ3v) is 7.14. The summed E-state index contributed by atoms with van der Waals surface area (Å²) in [5.74, 6) is -0.892. The van der Waals surface area contributed by atoms with Crippen molar-refractivity contribution >= 4 is 16.1 Å². The number of hydrogen-bond donors (Lipinski definition) is 2. The third kappa shape index (κ3) is 5.81. The Hall–Kier alpha value is -0.940. The number of aliphatic hydroxyl groups excluding tert-OH is 1. The molecule has 2 saturated heterocycles. The largest absolute Gasteiger partial charge is 0.444 e. The molecular weight excluding hydrogens is 400 g/mol. The molecule has 0 aromatic carbocycles. The number of sulfonamides is 1. The number of rotatable bonds is 4. The van der Waals surface area contributed by atoms with E-state index >= 15 is 0 Å². The SMILES string of the molecule is CC(C)(C)OC(=O)N1CC[C@H](O)[C@@H]1[C@@H](NS(=O)(=O)C(C)(C)C)[C@@H]1COC(C)(C)O1. The third-order valence-electron chi connectivity index (χ3n) is 4.94. The highest BCUT2D eigenvalue weighted by Gasteiger charge is 2.51. The van der Waals surface area contributed by atoms with Crippen molar-refractivity contribution < 1.29 is 32.5 Å². The molecule has 1 amide bonds. The van der Waals surface area contributed by atoms with Crippen molar-refractivity contribution in [1.29, 1.82) is 0 Å². The highest BCUT2D eigenvalue weighted by atomic mass is 32.2. The summed E-state index contributed by atoms with van der Waals surface area (Å²) in [5, 5.41) is 10.7. The van der Waals surface area contributed by atoms with Gasteiger partial charge in [-0.3, -0.25) is 0 Å². The number of ether oxygens (including phenoxy) is 3. The molecule has 0 aromatic heterocycles. The molecule has 2 fully saturated rings. The van der Waals surface area contributed by atoms with E-state index in [4.69, 9.17) is 14.2 Å². The molecule has 0 aliphatic carbocycles. The second kappa shape index (κ2) is 7.96. The van der Waals surface area contributed by atoms with Gasteiger partial charge in [0.25, 0.3) is 0 Å². The summed E-state index contributed by atoms with van der Waals surface area (Å²) in [5.41, 5.74) is -0.718. The number of likely N-dealkylation sites (tertiary alicyclic amines) is 1. The maximum absolute atomic E-state index is 12.9. The molecule has 2 rings (SSSR count). The topological polar surface area (TPSA) is 114 Å². The van der Waals surface area contributed by atoms with Crippen LogP contribution in [-0.4, -0.2) is 78.1 Å². The van der Waals surface area contributed by atoms with Crippen molar-refractivity contribution in [2.24, 2.45) is 0 Å². The van der Waals surface area contributed by atoms with Crippen LogP contribution in [0.4, 0.5) is 4.79 Å². The van der Waals surface area contributed by atoms with Gasteiger partial charge in [-0.25, -0.2) is 17.9 Å². The second-order valence-corrected chi connectivity index (χ2v) is 12.6. The Balaban J connectivity index is 2.39. The average molecular weight is 437 g/mol. The Kier molecular flexibility index (Phi) is 6.68. The quantitative estimate of drug-likeness (QED) is 0.688. The van der Waals surface area contributed by atoms with Gasteiger partial charge in [-0.15, -0.1) is 0 Å². The van der Waals surface area contributed by atoms with Gasteiger partial charge in [0.15, 0.2) is 5.79 Å². The molecule has 10 heteroatoms. The Labute approximate surface area is 174 Å². The summed E-state index contributed by atoms with van der Waals surface area (Å²) in [7, 11) is -3.79. The number of hydrogen-bond acceptors (Lipinski definition) is 7. The van der Waals surface area contributed by atoms with Gasteiger partial charge in [0.2, 0.25) is 10.0 Å². The van der Waals surface area contributed by atoms with Crippen LogP contribution in [0.5, 0.6) is 0 Å². The van der Waals surface area contributed by atoms with E-state index in [9.17, 15) is 18.3 Å². The molecular formula is C19H36N2O7S. The zero-order valence-electron chi connectivity index (χ0n) is 18.7. The van der Waals surface area contributed by atoms with Crippen LogP contribution in [0.3, 0.4) is 0 Å². The second-order valence-electron chi connectivity index (χ2n) is 10.1. The molecule has 2 aliphatic heterocycles. The minimum Gasteiger partial charge on any atom is -0.444 e. The first-order chi connectivity index (χ1) is 12.9. The van der Waals surface area contributed by atoms with Crippen LogP contribution in [-0.2, 0) is 24.2 Å². The lowest BCUT2D eigenvalue weighted by Crippen LogP contribution is -2.62. The standard InChI is InChI=1S/C19H36N2O7S/c1-17(2,3)28-16(23)21-10-9-12(22)15(21)14(13-11-26-19(7,8)27-13)20-29(24,25)18(4,5)6/h12-15,20,22H,9-11H2,1-8H3/t12-,13-,14-,15+/m0/s1. The van der Waals surface area contributed by atoms with Crippen molar-refractivity contribution in [3.05, 3.63) is 0 Å². The van der Waals surface area contributed by atoms with Crippen LogP contribution >= 0.6 is 0 Å². The summed E-state index contributed by atoms with van der Waals surface area (Å²) in [6.45, 7) is 13.9. The van der Waals surface area contributed by atoms with Crippen molar-refractivity contribution in [3.63, 3.8) is 0 Å². The van der Waals surface area contributed by atoms with E-state index in [1.165, 1.54) is 4.90 Å². The van der Waals surface area contributed by atoms with Crippen molar-refractivity contribution in [2.45, 2.75) is 102 Å². The Morgan fingerprint density at radius 3 is 2.28 bits per heavy atom. The number of amides is 1. The molecule has 0 unspecified atom stereocenters. The predicted octanol–water partition coefficient (Wildman–Crippen LogP) is 1.59. The minimum atomic E-state index is -3.79. The van der Waals surface area contributed by atoms with Gasteiger partial charge in [-0.1, -0.05) is 0 Å². The summed E-state index contributed by atoms with van der Waals surface area (Å²) in [4.78, 5) is 14.2. The first-order valence-electron chi connectivity index (χ1n) is 9.95. The van der Waals surface area contributed by atoms with Crippen LogP contribution in [0.25, 0.3) is 0 Å². The molecule has 2 heterocycles. The van der Waals surface area contributed by atoms with E-state index in [2.05, 4.69) is 4.72 Å². The van der Waals surface area contributed by atoms with Crippen molar-refractivity contribution in [1.82, 2.24) is 9.62 Å². The van der Waals surface area contributed by atoms with Gasteiger partial charge in [0.05, 0.1) is 29.5 Å². The van der Waals surface area contributed by atoms with Gasteiger partial charge >= 0.3 is 6.09 Å². The number of nitrogens with one attached hydrogen (secondary N) is 1. The van der Waals surface area contributed by atoms with Crippen LogP contribution < -0.4 is 4.72 Å². The van der Waals surface area contributed by atoms with Gasteiger partial charge < -0.3 is 24.2 Å². The van der Waals surface area contributed by atoms with E-state index in [0.717, 1.165) is 0 Å². The maximum Gasteiger partial charge on any atom is 0.410 e. The van der Waals surface area contributed by atoms with Crippen molar-refractivity contribution in [3.8, 4) is 0 Å². The van der Waals surface area contributed by atoms with Crippen LogP contribution in [0.2, 0.25) is 0 Å². The molecule has 0 radical (unpaired) electrons. The monoisotopic (exact) mass is 436 g/mol. The molecule has 0 spiro atoms. The number of aliphatic hydroxyl groups is 1. The van der Waals surface area contributed by atoms with E-state index in [1.54, 1.807) is 55.4 Å². The van der Waals surface area contributed by atoms with Gasteiger partial charge in [0.1, 0.15) is 11.7 Å². The van der Waals surface area contributed by atoms with E-state index < -0.39 is 56.5 Å². The fraction of sp³-hybridized carbons (Fsp3) is 0.947. The Morgan fingerprint density at radius 2 is 1.83 bits per heavy atom. The van der Waals surface area contributed by atoms with Crippen LogP contribution in [0.15, 0.2) is 0 Å². The lowest BCUT2D eigenvalue weighted by Gasteiger charge is -2.38. The highest BCUT2D eigenvalue weighted by Crippen LogP contribution is 2.32. The summed E-state index contributed by atoms with van der Waals surface area (Å²) in [6, 6.07) is -1.74. The minimum absolute atomic E-state index is 0.135. The van der Waals surface area contributed by atoms with E-state index in [1.807, 2.05) is 0 Å². The molecule has 2 aliphatic rings. The van der Waals surface area contributed by atoms with Crippen LogP contribution in [0, 0.1) is 0 Å². The lowest BCUT2D eigenvalue weighted by atomic mass is 9.99. The molecule has 0 aromatic rings. The number of carbonyl (C=O) groups excluding carboxylic acids is 1. The number of carbonyl (C=O) groups is 1. The molecule has 4 atom stereocenters. The fourth-order valence-electron chi connectivity index (χ4n) is 3.38. The molecule has 2 N–H and O–H groups in total. The molecule has 9 nitrogen and oxygen atoms in total. The highest BCUT2D eigenvalue weighted by molar-refractivity contribution is 7.90. The smallest absolute Gasteiger partial charge is 0.410 e. The first kappa shape index (κ1) is 24.3. The number of nitrogens with zero attached hydrogens (tertiary/aromatic N) is 1. The van der Waals surface area contributed by atoms with Crippen molar-refractivity contribution in [2.75, 3.05) is 13.2 Å². The molecule has 170 valence electrons. The molecule has 29 heavy (non-hydrogen) atoms. The Morgan fingerprint density at radius 1 is 1.24 bits per heavy atom. The summed E-state index contributed by atoms with van der Waals surface area (Å²) >= 11 is 0. The summed E-state index contributed by atoms with van der Waals surface area (Å²) in [6.07, 6.45) is -1.89. The molecule has 0 saturated carbocycles.